The Hall–Kier alpha value is -3.86. The van der Waals surface area contributed by atoms with Crippen molar-refractivity contribution >= 4 is 11.6 Å². The summed E-state index contributed by atoms with van der Waals surface area (Å²) < 4.78 is 12.4. The largest absolute Gasteiger partial charge is 0.481 e. The molecule has 1 amide bonds. The van der Waals surface area contributed by atoms with Crippen molar-refractivity contribution in [2.75, 3.05) is 50.7 Å². The number of para-hydroxylation sites is 1. The quantitative estimate of drug-likeness (QED) is 0.361. The van der Waals surface area contributed by atoms with E-state index < -0.39 is 6.10 Å². The standard InChI is InChI=1S/C33H38N4O3/c1-26(40-31-10-3-2-4-11-31)33(38)37-20-18-35(19-21-37)24-32(39-25-28-14-12-27(23-34)13-15-28)29-8-7-9-30(22-29)36-16-5-6-17-36/h2-4,7-15,22,26,32H,5-6,16-21,24-25H2,1H3/t26-,32+/m0/s1. The second kappa shape index (κ2) is 13.5. The Balaban J connectivity index is 1.22. The number of ether oxygens (including phenoxy) is 2. The van der Waals surface area contributed by atoms with Gasteiger partial charge < -0.3 is 19.3 Å². The smallest absolute Gasteiger partial charge is 0.263 e. The first-order chi connectivity index (χ1) is 19.6. The third-order valence-electron chi connectivity index (χ3n) is 7.76. The van der Waals surface area contributed by atoms with Crippen LogP contribution in [0.1, 0.15) is 42.6 Å². The molecule has 3 aromatic rings. The summed E-state index contributed by atoms with van der Waals surface area (Å²) in [5.74, 6) is 0.732. The number of carbonyl (C=O) groups excluding carboxylic acids is 1. The molecule has 0 aliphatic carbocycles. The third-order valence-corrected chi connectivity index (χ3v) is 7.76. The van der Waals surface area contributed by atoms with Crippen molar-refractivity contribution in [3.05, 3.63) is 95.6 Å². The van der Waals surface area contributed by atoms with E-state index in [4.69, 9.17) is 14.7 Å². The predicted molar refractivity (Wildman–Crippen MR) is 156 cm³/mol. The van der Waals surface area contributed by atoms with Crippen LogP contribution in [0, 0.1) is 11.3 Å². The molecule has 0 aromatic heterocycles. The lowest BCUT2D eigenvalue weighted by molar-refractivity contribution is -0.140. The molecule has 0 unspecified atom stereocenters. The van der Waals surface area contributed by atoms with E-state index in [0.29, 0.717) is 31.0 Å². The summed E-state index contributed by atoms with van der Waals surface area (Å²) in [4.78, 5) is 19.8. The van der Waals surface area contributed by atoms with Crippen LogP contribution in [-0.2, 0) is 16.1 Å². The normalized spacial score (nSPS) is 17.3. The molecule has 2 aliphatic heterocycles. The van der Waals surface area contributed by atoms with Gasteiger partial charge in [0.15, 0.2) is 6.10 Å². The number of rotatable bonds is 10. The molecule has 0 radical (unpaired) electrons. The molecule has 2 fully saturated rings. The van der Waals surface area contributed by atoms with Gasteiger partial charge in [0, 0.05) is 51.5 Å². The topological polar surface area (TPSA) is 69.0 Å². The van der Waals surface area contributed by atoms with Gasteiger partial charge in [0.25, 0.3) is 5.91 Å². The molecule has 0 bridgehead atoms. The fraction of sp³-hybridized carbons (Fsp3) is 0.394. The van der Waals surface area contributed by atoms with Crippen molar-refractivity contribution in [1.82, 2.24) is 9.80 Å². The summed E-state index contributed by atoms with van der Waals surface area (Å²) in [7, 11) is 0. The average molecular weight is 539 g/mol. The van der Waals surface area contributed by atoms with E-state index in [0.717, 1.165) is 38.3 Å². The Morgan fingerprint density at radius 2 is 1.62 bits per heavy atom. The van der Waals surface area contributed by atoms with Crippen LogP contribution in [0.3, 0.4) is 0 Å². The van der Waals surface area contributed by atoms with Gasteiger partial charge >= 0.3 is 0 Å². The number of amides is 1. The maximum absolute atomic E-state index is 13.1. The van der Waals surface area contributed by atoms with E-state index in [2.05, 4.69) is 40.1 Å². The van der Waals surface area contributed by atoms with Gasteiger partial charge in [-0.1, -0.05) is 42.5 Å². The molecule has 0 N–H and O–H groups in total. The summed E-state index contributed by atoms with van der Waals surface area (Å²) in [6.45, 7) is 8.13. The highest BCUT2D eigenvalue weighted by Crippen LogP contribution is 2.28. The highest BCUT2D eigenvalue weighted by molar-refractivity contribution is 5.81. The maximum Gasteiger partial charge on any atom is 0.263 e. The number of benzene rings is 3. The van der Waals surface area contributed by atoms with Crippen molar-refractivity contribution in [1.29, 1.82) is 5.26 Å². The molecule has 0 spiro atoms. The minimum Gasteiger partial charge on any atom is -0.481 e. The van der Waals surface area contributed by atoms with Crippen molar-refractivity contribution < 1.29 is 14.3 Å². The molecule has 7 heteroatoms. The minimum atomic E-state index is -0.522. The number of hydrogen-bond donors (Lipinski definition) is 0. The summed E-state index contributed by atoms with van der Waals surface area (Å²) in [5.41, 5.74) is 4.11. The number of carbonyl (C=O) groups is 1. The first-order valence-electron chi connectivity index (χ1n) is 14.3. The molecule has 208 valence electrons. The van der Waals surface area contributed by atoms with Crippen LogP contribution in [0.15, 0.2) is 78.9 Å². The van der Waals surface area contributed by atoms with Crippen LogP contribution in [0.2, 0.25) is 0 Å². The van der Waals surface area contributed by atoms with Gasteiger partial charge in [-0.25, -0.2) is 0 Å². The summed E-state index contributed by atoms with van der Waals surface area (Å²) in [6.07, 6.45) is 1.84. The van der Waals surface area contributed by atoms with Crippen LogP contribution in [-0.4, -0.2) is 67.6 Å². The van der Waals surface area contributed by atoms with E-state index in [9.17, 15) is 4.79 Å². The number of anilines is 1. The van der Waals surface area contributed by atoms with Gasteiger partial charge in [-0.05, 0) is 67.3 Å². The molecule has 2 saturated heterocycles. The highest BCUT2D eigenvalue weighted by Gasteiger charge is 2.28. The van der Waals surface area contributed by atoms with Gasteiger partial charge in [-0.2, -0.15) is 5.26 Å². The lowest BCUT2D eigenvalue weighted by Crippen LogP contribution is -2.52. The van der Waals surface area contributed by atoms with Crippen LogP contribution < -0.4 is 9.64 Å². The van der Waals surface area contributed by atoms with Crippen molar-refractivity contribution in [3.8, 4) is 11.8 Å². The van der Waals surface area contributed by atoms with Crippen LogP contribution in [0.4, 0.5) is 5.69 Å². The fourth-order valence-corrected chi connectivity index (χ4v) is 5.42. The van der Waals surface area contributed by atoms with Crippen LogP contribution in [0.5, 0.6) is 5.75 Å². The highest BCUT2D eigenvalue weighted by atomic mass is 16.5. The molecule has 3 aromatic carbocycles. The first kappa shape index (κ1) is 27.7. The predicted octanol–water partition coefficient (Wildman–Crippen LogP) is 5.03. The second-order valence-electron chi connectivity index (χ2n) is 10.6. The zero-order chi connectivity index (χ0) is 27.7. The Bertz CT molecular complexity index is 1280. The number of nitriles is 1. The van der Waals surface area contributed by atoms with Crippen LogP contribution >= 0.6 is 0 Å². The van der Waals surface area contributed by atoms with E-state index in [1.165, 1.54) is 24.1 Å². The molecular formula is C33H38N4O3. The Kier molecular flexibility index (Phi) is 9.33. The van der Waals surface area contributed by atoms with Gasteiger partial charge in [0.2, 0.25) is 0 Å². The van der Waals surface area contributed by atoms with Gasteiger partial charge in [0.05, 0.1) is 24.3 Å². The summed E-state index contributed by atoms with van der Waals surface area (Å²) >= 11 is 0. The van der Waals surface area contributed by atoms with Crippen molar-refractivity contribution in [2.45, 2.75) is 38.6 Å². The number of piperazine rings is 1. The Labute approximate surface area is 237 Å². The van der Waals surface area contributed by atoms with Crippen molar-refractivity contribution in [2.24, 2.45) is 0 Å². The molecule has 5 rings (SSSR count). The van der Waals surface area contributed by atoms with E-state index >= 15 is 0 Å². The lowest BCUT2D eigenvalue weighted by atomic mass is 10.1. The van der Waals surface area contributed by atoms with Crippen LogP contribution in [0.25, 0.3) is 0 Å². The van der Waals surface area contributed by atoms with E-state index in [1.54, 1.807) is 0 Å². The Morgan fingerprint density at radius 3 is 2.33 bits per heavy atom. The first-order valence-corrected chi connectivity index (χ1v) is 14.3. The lowest BCUT2D eigenvalue weighted by Gasteiger charge is -2.37. The van der Waals surface area contributed by atoms with Gasteiger partial charge in [-0.15, -0.1) is 0 Å². The average Bonchev–Trinajstić information content (AvgIpc) is 3.55. The van der Waals surface area contributed by atoms with E-state index in [-0.39, 0.29) is 12.0 Å². The molecule has 0 saturated carbocycles. The van der Waals surface area contributed by atoms with Crippen molar-refractivity contribution in [3.63, 3.8) is 0 Å². The van der Waals surface area contributed by atoms with Gasteiger partial charge in [0.1, 0.15) is 5.75 Å². The monoisotopic (exact) mass is 538 g/mol. The third kappa shape index (κ3) is 7.20. The molecule has 2 heterocycles. The molecular weight excluding hydrogens is 500 g/mol. The number of nitrogens with zero attached hydrogens (tertiary/aromatic N) is 4. The zero-order valence-corrected chi connectivity index (χ0v) is 23.2. The fourth-order valence-electron chi connectivity index (χ4n) is 5.42. The molecule has 2 atom stereocenters. The van der Waals surface area contributed by atoms with E-state index in [1.807, 2.05) is 66.4 Å². The molecule has 40 heavy (non-hydrogen) atoms. The zero-order valence-electron chi connectivity index (χ0n) is 23.2. The molecule has 2 aliphatic rings. The number of hydrogen-bond acceptors (Lipinski definition) is 6. The summed E-state index contributed by atoms with van der Waals surface area (Å²) in [5, 5.41) is 9.12. The second-order valence-corrected chi connectivity index (χ2v) is 10.6. The Morgan fingerprint density at radius 1 is 0.900 bits per heavy atom. The summed E-state index contributed by atoms with van der Waals surface area (Å²) in [6, 6.07) is 28.0. The van der Waals surface area contributed by atoms with Gasteiger partial charge in [-0.3, -0.25) is 9.69 Å². The maximum atomic E-state index is 13.1. The SMILES string of the molecule is C[C@H](Oc1ccccc1)C(=O)N1CCN(C[C@@H](OCc2ccc(C#N)cc2)c2cccc(N3CCCC3)c2)CC1. The minimum absolute atomic E-state index is 0.0235. The molecule has 7 nitrogen and oxygen atoms in total.